The van der Waals surface area contributed by atoms with E-state index in [2.05, 4.69) is 5.32 Å². The van der Waals surface area contributed by atoms with Crippen LogP contribution in [0.3, 0.4) is 0 Å². The number of nitrogens with one attached hydrogen (secondary N) is 1. The number of anilines is 1. The van der Waals surface area contributed by atoms with E-state index in [0.717, 1.165) is 18.2 Å². The average Bonchev–Trinajstić information content (AvgIpc) is 2.54. The van der Waals surface area contributed by atoms with E-state index in [1.807, 2.05) is 0 Å². The Morgan fingerprint density at radius 1 is 1.17 bits per heavy atom. The third-order valence-electron chi connectivity index (χ3n) is 3.06. The van der Waals surface area contributed by atoms with E-state index in [1.54, 1.807) is 24.3 Å². The number of carbonyl (C=O) groups is 1. The largest absolute Gasteiger partial charge is 0.497 e. The molecule has 4 nitrogen and oxygen atoms in total. The van der Waals surface area contributed by atoms with Gasteiger partial charge < -0.3 is 10.1 Å². The van der Waals surface area contributed by atoms with Crippen LogP contribution in [0.1, 0.15) is 5.56 Å². The van der Waals surface area contributed by atoms with Crippen molar-refractivity contribution in [1.82, 2.24) is 0 Å². The van der Waals surface area contributed by atoms with Crippen molar-refractivity contribution in [3.63, 3.8) is 0 Å². The number of rotatable bonds is 5. The molecular weight excluding hydrogens is 343 g/mol. The zero-order valence-corrected chi connectivity index (χ0v) is 13.4. The summed E-state index contributed by atoms with van der Waals surface area (Å²) < 4.78 is 55.0. The van der Waals surface area contributed by atoms with E-state index in [9.17, 15) is 22.2 Å². The first-order chi connectivity index (χ1) is 11.3. The lowest BCUT2D eigenvalue weighted by atomic mass is 10.2. The maximum atomic E-state index is 12.7. The Labute approximate surface area is 139 Å². The average molecular weight is 357 g/mol. The van der Waals surface area contributed by atoms with Gasteiger partial charge in [-0.1, -0.05) is 6.07 Å². The smallest absolute Gasteiger partial charge is 0.416 e. The molecule has 0 saturated heterocycles. The Morgan fingerprint density at radius 2 is 1.83 bits per heavy atom. The number of amides is 1. The minimum absolute atomic E-state index is 0.0466. The van der Waals surface area contributed by atoms with Crippen molar-refractivity contribution in [2.75, 3.05) is 18.2 Å². The Hall–Kier alpha value is -2.35. The molecule has 0 radical (unpaired) electrons. The van der Waals surface area contributed by atoms with E-state index < -0.39 is 34.2 Å². The van der Waals surface area contributed by atoms with E-state index in [4.69, 9.17) is 4.74 Å². The highest BCUT2D eigenvalue weighted by molar-refractivity contribution is 7.85. The molecule has 24 heavy (non-hydrogen) atoms. The SMILES string of the molecule is COc1ccc(NC(=O)C[S@](=O)c2cccc(C(F)(F)F)c2)cc1. The highest BCUT2D eigenvalue weighted by Crippen LogP contribution is 2.30. The van der Waals surface area contributed by atoms with E-state index in [1.165, 1.54) is 13.2 Å². The van der Waals surface area contributed by atoms with Crippen LogP contribution >= 0.6 is 0 Å². The molecule has 0 fully saturated rings. The van der Waals surface area contributed by atoms with Crippen molar-refractivity contribution < 1.29 is 26.9 Å². The first-order valence-electron chi connectivity index (χ1n) is 6.79. The number of hydrogen-bond donors (Lipinski definition) is 1. The molecule has 0 aromatic heterocycles. The number of carbonyl (C=O) groups excluding carboxylic acids is 1. The van der Waals surface area contributed by atoms with Crippen LogP contribution in [0.25, 0.3) is 0 Å². The molecule has 1 atom stereocenters. The zero-order chi connectivity index (χ0) is 17.7. The number of alkyl halides is 3. The van der Waals surface area contributed by atoms with Crippen LogP contribution in [0.4, 0.5) is 18.9 Å². The predicted octanol–water partition coefficient (Wildman–Crippen LogP) is 3.46. The molecule has 1 N–H and O–H groups in total. The van der Waals surface area contributed by atoms with Gasteiger partial charge in [0.2, 0.25) is 5.91 Å². The monoisotopic (exact) mass is 357 g/mol. The van der Waals surface area contributed by atoms with Gasteiger partial charge in [0.05, 0.1) is 23.5 Å². The van der Waals surface area contributed by atoms with E-state index in [-0.39, 0.29) is 4.90 Å². The normalized spacial score (nSPS) is 12.5. The van der Waals surface area contributed by atoms with Gasteiger partial charge >= 0.3 is 6.18 Å². The van der Waals surface area contributed by atoms with Gasteiger partial charge in [-0.2, -0.15) is 13.2 Å². The summed E-state index contributed by atoms with van der Waals surface area (Å²) in [5.41, 5.74) is -0.425. The second-order valence-electron chi connectivity index (χ2n) is 4.79. The van der Waals surface area contributed by atoms with Crippen LogP contribution < -0.4 is 10.1 Å². The van der Waals surface area contributed by atoms with Crippen LogP contribution in [0, 0.1) is 0 Å². The molecule has 8 heteroatoms. The second kappa shape index (κ2) is 7.48. The molecule has 128 valence electrons. The number of ether oxygens (including phenoxy) is 1. The fourth-order valence-electron chi connectivity index (χ4n) is 1.89. The van der Waals surface area contributed by atoms with Gasteiger partial charge in [0, 0.05) is 10.6 Å². The molecule has 2 aromatic carbocycles. The van der Waals surface area contributed by atoms with E-state index in [0.29, 0.717) is 11.4 Å². The molecular formula is C16H14F3NO3S. The molecule has 0 heterocycles. The summed E-state index contributed by atoms with van der Waals surface area (Å²) in [4.78, 5) is 11.8. The highest BCUT2D eigenvalue weighted by atomic mass is 32.2. The maximum Gasteiger partial charge on any atom is 0.416 e. The highest BCUT2D eigenvalue weighted by Gasteiger charge is 2.30. The minimum atomic E-state index is -4.52. The van der Waals surface area contributed by atoms with Crippen LogP contribution in [0.5, 0.6) is 5.75 Å². The Balaban J connectivity index is 2.02. The van der Waals surface area contributed by atoms with Crippen molar-refractivity contribution in [3.05, 3.63) is 54.1 Å². The summed E-state index contributed by atoms with van der Waals surface area (Å²) in [7, 11) is -0.369. The van der Waals surface area contributed by atoms with Crippen molar-refractivity contribution >= 4 is 22.4 Å². The van der Waals surface area contributed by atoms with Crippen LogP contribution in [-0.2, 0) is 21.8 Å². The third-order valence-corrected chi connectivity index (χ3v) is 4.36. The first kappa shape index (κ1) is 18.0. The second-order valence-corrected chi connectivity index (χ2v) is 6.24. The molecule has 0 aliphatic rings. The molecule has 0 unspecified atom stereocenters. The topological polar surface area (TPSA) is 55.4 Å². The molecule has 1 amide bonds. The third kappa shape index (κ3) is 4.82. The van der Waals surface area contributed by atoms with E-state index >= 15 is 0 Å². The molecule has 2 rings (SSSR count). The van der Waals surface area contributed by atoms with Crippen molar-refractivity contribution in [3.8, 4) is 5.75 Å². The van der Waals surface area contributed by atoms with Gasteiger partial charge in [0.1, 0.15) is 11.5 Å². The standard InChI is InChI=1S/C16H14F3NO3S/c1-23-13-7-5-12(6-8-13)20-15(21)10-24(22)14-4-2-3-11(9-14)16(17,18)19/h2-9H,10H2,1H3,(H,20,21)/t24-/m0/s1. The Kier molecular flexibility index (Phi) is 5.61. The van der Waals surface area contributed by atoms with Gasteiger partial charge in [-0.05, 0) is 42.5 Å². The van der Waals surface area contributed by atoms with Gasteiger partial charge in [-0.15, -0.1) is 0 Å². The Morgan fingerprint density at radius 3 is 2.42 bits per heavy atom. The molecule has 0 bridgehead atoms. The Bertz CT molecular complexity index is 745. The number of benzene rings is 2. The molecule has 0 saturated carbocycles. The fraction of sp³-hybridized carbons (Fsp3) is 0.188. The van der Waals surface area contributed by atoms with Crippen molar-refractivity contribution in [2.45, 2.75) is 11.1 Å². The molecule has 0 spiro atoms. The van der Waals surface area contributed by atoms with Gasteiger partial charge in [-0.3, -0.25) is 9.00 Å². The number of hydrogen-bond acceptors (Lipinski definition) is 3. The number of halogens is 3. The van der Waals surface area contributed by atoms with Gasteiger partial charge in [0.15, 0.2) is 0 Å². The van der Waals surface area contributed by atoms with Crippen LogP contribution in [0.2, 0.25) is 0 Å². The summed E-state index contributed by atoms with van der Waals surface area (Å²) >= 11 is 0. The summed E-state index contributed by atoms with van der Waals surface area (Å²) in [6.45, 7) is 0. The zero-order valence-electron chi connectivity index (χ0n) is 12.6. The molecule has 0 aliphatic heterocycles. The van der Waals surface area contributed by atoms with Crippen LogP contribution in [0.15, 0.2) is 53.4 Å². The lowest BCUT2D eigenvalue weighted by Gasteiger charge is -2.09. The maximum absolute atomic E-state index is 12.7. The lowest BCUT2D eigenvalue weighted by molar-refractivity contribution is -0.137. The summed E-state index contributed by atoms with van der Waals surface area (Å²) in [6, 6.07) is 10.6. The fourth-order valence-corrected chi connectivity index (χ4v) is 2.85. The quantitative estimate of drug-likeness (QED) is 0.892. The predicted molar refractivity (Wildman–Crippen MR) is 84.3 cm³/mol. The molecule has 2 aromatic rings. The summed E-state index contributed by atoms with van der Waals surface area (Å²) in [5.74, 6) is -0.385. The van der Waals surface area contributed by atoms with Crippen LogP contribution in [-0.4, -0.2) is 23.0 Å². The van der Waals surface area contributed by atoms with Crippen molar-refractivity contribution in [2.24, 2.45) is 0 Å². The molecule has 0 aliphatic carbocycles. The first-order valence-corrected chi connectivity index (χ1v) is 8.11. The lowest BCUT2D eigenvalue weighted by Crippen LogP contribution is -2.19. The summed E-state index contributed by atoms with van der Waals surface area (Å²) in [5, 5.41) is 2.53. The summed E-state index contributed by atoms with van der Waals surface area (Å²) in [6.07, 6.45) is -4.52. The van der Waals surface area contributed by atoms with Gasteiger partial charge in [0.25, 0.3) is 0 Å². The van der Waals surface area contributed by atoms with Crippen molar-refractivity contribution in [1.29, 1.82) is 0 Å². The number of methoxy groups -OCH3 is 1. The van der Waals surface area contributed by atoms with Gasteiger partial charge in [-0.25, -0.2) is 0 Å². The minimum Gasteiger partial charge on any atom is -0.497 e.